The van der Waals surface area contributed by atoms with Gasteiger partial charge in [-0.2, -0.15) is 0 Å². The van der Waals surface area contributed by atoms with Crippen LogP contribution in [-0.2, 0) is 9.59 Å². The number of nitrogens with one attached hydrogen (secondary N) is 1. The first-order chi connectivity index (χ1) is 6.84. The standard InChI is InChI=1S/C9H18N2O4.ClH/c1-6(11(2)3)10-7(9(14)15)4-5-8(12)13;/h6-7,10H,4-5H2,1-3H3,(H,12,13)(H,14,15);1H. The highest BCUT2D eigenvalue weighted by Crippen LogP contribution is 2.00. The van der Waals surface area contributed by atoms with Crippen molar-refractivity contribution in [1.29, 1.82) is 0 Å². The lowest BCUT2D eigenvalue weighted by Gasteiger charge is -2.25. The van der Waals surface area contributed by atoms with E-state index in [0.29, 0.717) is 0 Å². The Hall–Kier alpha value is -0.850. The number of hydrogen-bond acceptors (Lipinski definition) is 4. The molecule has 6 nitrogen and oxygen atoms in total. The molecule has 0 aliphatic rings. The van der Waals surface area contributed by atoms with Crippen LogP contribution in [0.15, 0.2) is 0 Å². The van der Waals surface area contributed by atoms with E-state index in [4.69, 9.17) is 10.2 Å². The number of carbonyl (C=O) groups is 2. The average molecular weight is 255 g/mol. The Morgan fingerprint density at radius 1 is 1.31 bits per heavy atom. The molecule has 0 aromatic carbocycles. The molecule has 0 aromatic rings. The number of aliphatic carboxylic acids is 2. The summed E-state index contributed by atoms with van der Waals surface area (Å²) >= 11 is 0. The molecule has 0 fully saturated rings. The van der Waals surface area contributed by atoms with E-state index < -0.39 is 18.0 Å². The van der Waals surface area contributed by atoms with E-state index in [2.05, 4.69) is 5.32 Å². The molecular formula is C9H19ClN2O4. The summed E-state index contributed by atoms with van der Waals surface area (Å²) in [5, 5.41) is 20.1. The quantitative estimate of drug-likeness (QED) is 0.564. The van der Waals surface area contributed by atoms with Crippen molar-refractivity contribution < 1.29 is 19.8 Å². The zero-order valence-electron chi connectivity index (χ0n) is 9.64. The monoisotopic (exact) mass is 254 g/mol. The van der Waals surface area contributed by atoms with Gasteiger partial charge >= 0.3 is 11.9 Å². The Morgan fingerprint density at radius 3 is 2.12 bits per heavy atom. The van der Waals surface area contributed by atoms with E-state index in [0.717, 1.165) is 0 Å². The second-order valence-electron chi connectivity index (χ2n) is 3.63. The molecule has 0 amide bonds. The molecule has 0 aliphatic heterocycles. The number of halogens is 1. The summed E-state index contributed by atoms with van der Waals surface area (Å²) in [5.41, 5.74) is 0. The van der Waals surface area contributed by atoms with Crippen LogP contribution >= 0.6 is 12.4 Å². The second kappa shape index (κ2) is 8.32. The van der Waals surface area contributed by atoms with Crippen LogP contribution in [-0.4, -0.2) is 53.4 Å². The predicted molar refractivity (Wildman–Crippen MR) is 61.8 cm³/mol. The highest BCUT2D eigenvalue weighted by molar-refractivity contribution is 5.85. The van der Waals surface area contributed by atoms with E-state index in [9.17, 15) is 9.59 Å². The zero-order valence-corrected chi connectivity index (χ0v) is 10.5. The first-order valence-electron chi connectivity index (χ1n) is 4.71. The minimum Gasteiger partial charge on any atom is -0.481 e. The lowest BCUT2D eigenvalue weighted by atomic mass is 10.1. The fraction of sp³-hybridized carbons (Fsp3) is 0.778. The summed E-state index contributed by atoms with van der Waals surface area (Å²) in [6, 6.07) is -0.821. The summed E-state index contributed by atoms with van der Waals surface area (Å²) in [4.78, 5) is 22.9. The third kappa shape index (κ3) is 7.44. The van der Waals surface area contributed by atoms with Gasteiger partial charge < -0.3 is 10.2 Å². The van der Waals surface area contributed by atoms with Gasteiger partial charge in [-0.15, -0.1) is 12.4 Å². The van der Waals surface area contributed by atoms with Crippen LogP contribution in [0.4, 0.5) is 0 Å². The summed E-state index contributed by atoms with van der Waals surface area (Å²) < 4.78 is 0. The van der Waals surface area contributed by atoms with Gasteiger partial charge in [-0.05, 0) is 27.4 Å². The third-order valence-electron chi connectivity index (χ3n) is 2.16. The molecule has 0 saturated carbocycles. The van der Waals surface area contributed by atoms with E-state index in [1.165, 1.54) is 0 Å². The number of nitrogens with zero attached hydrogens (tertiary/aromatic N) is 1. The van der Waals surface area contributed by atoms with Gasteiger partial charge in [0.05, 0.1) is 6.17 Å². The molecular weight excluding hydrogens is 236 g/mol. The van der Waals surface area contributed by atoms with Crippen LogP contribution in [0.2, 0.25) is 0 Å². The Morgan fingerprint density at radius 2 is 1.81 bits per heavy atom. The second-order valence-corrected chi connectivity index (χ2v) is 3.63. The average Bonchev–Trinajstić information content (AvgIpc) is 2.10. The maximum atomic E-state index is 10.8. The van der Waals surface area contributed by atoms with Crippen LogP contribution in [0.25, 0.3) is 0 Å². The van der Waals surface area contributed by atoms with Crippen molar-refractivity contribution in [2.45, 2.75) is 32.0 Å². The molecule has 7 heteroatoms. The highest BCUT2D eigenvalue weighted by atomic mass is 35.5. The molecule has 2 atom stereocenters. The van der Waals surface area contributed by atoms with Gasteiger partial charge in [0.1, 0.15) is 6.04 Å². The number of rotatable bonds is 7. The van der Waals surface area contributed by atoms with Crippen molar-refractivity contribution in [3.63, 3.8) is 0 Å². The fourth-order valence-electron chi connectivity index (χ4n) is 0.986. The summed E-state index contributed by atoms with van der Waals surface area (Å²) in [6.07, 6.45) is -0.174. The zero-order chi connectivity index (χ0) is 12.0. The first-order valence-corrected chi connectivity index (χ1v) is 4.71. The van der Waals surface area contributed by atoms with Gasteiger partial charge in [0.2, 0.25) is 0 Å². The van der Waals surface area contributed by atoms with Crippen LogP contribution in [0.1, 0.15) is 19.8 Å². The lowest BCUT2D eigenvalue weighted by molar-refractivity contribution is -0.141. The van der Waals surface area contributed by atoms with Crippen molar-refractivity contribution in [2.24, 2.45) is 0 Å². The molecule has 0 heterocycles. The van der Waals surface area contributed by atoms with Crippen molar-refractivity contribution in [3.8, 4) is 0 Å². The summed E-state index contributed by atoms with van der Waals surface area (Å²) in [5.74, 6) is -2.01. The predicted octanol–water partition coefficient (Wildman–Crippen LogP) is 0.223. The van der Waals surface area contributed by atoms with Crippen molar-refractivity contribution in [2.75, 3.05) is 14.1 Å². The lowest BCUT2D eigenvalue weighted by Crippen LogP contribution is -2.48. The molecule has 2 unspecified atom stereocenters. The third-order valence-corrected chi connectivity index (χ3v) is 2.16. The molecule has 0 spiro atoms. The van der Waals surface area contributed by atoms with Crippen LogP contribution < -0.4 is 5.32 Å². The normalized spacial score (nSPS) is 14.0. The first kappa shape index (κ1) is 17.5. The van der Waals surface area contributed by atoms with Gasteiger partial charge in [0.15, 0.2) is 0 Å². The Balaban J connectivity index is 0. The van der Waals surface area contributed by atoms with Crippen molar-refractivity contribution >= 4 is 24.3 Å². The number of hydrogen-bond donors (Lipinski definition) is 3. The topological polar surface area (TPSA) is 89.9 Å². The maximum Gasteiger partial charge on any atom is 0.320 e. The maximum absolute atomic E-state index is 10.8. The molecule has 0 bridgehead atoms. The van der Waals surface area contributed by atoms with Gasteiger partial charge in [-0.25, -0.2) is 0 Å². The van der Waals surface area contributed by atoms with Gasteiger partial charge in [0, 0.05) is 6.42 Å². The van der Waals surface area contributed by atoms with Crippen LogP contribution in [0, 0.1) is 0 Å². The molecule has 0 radical (unpaired) electrons. The number of carboxylic acids is 2. The molecule has 0 saturated heterocycles. The van der Waals surface area contributed by atoms with Crippen LogP contribution in [0.5, 0.6) is 0 Å². The molecule has 0 aliphatic carbocycles. The van der Waals surface area contributed by atoms with Crippen molar-refractivity contribution in [1.82, 2.24) is 10.2 Å². The highest BCUT2D eigenvalue weighted by Gasteiger charge is 2.20. The Kier molecular flexibility index (Phi) is 9.12. The molecule has 96 valence electrons. The van der Waals surface area contributed by atoms with Gasteiger partial charge in [-0.3, -0.25) is 19.8 Å². The largest absolute Gasteiger partial charge is 0.481 e. The SMILES string of the molecule is CC(NC(CCC(=O)O)C(=O)O)N(C)C.Cl. The minimum atomic E-state index is -1.02. The van der Waals surface area contributed by atoms with Gasteiger partial charge in [0.25, 0.3) is 0 Å². The Bertz CT molecular complexity index is 236. The molecule has 0 rings (SSSR count). The van der Waals surface area contributed by atoms with E-state index in [-0.39, 0.29) is 31.4 Å². The molecule has 3 N–H and O–H groups in total. The fourth-order valence-corrected chi connectivity index (χ4v) is 0.986. The molecule has 16 heavy (non-hydrogen) atoms. The van der Waals surface area contributed by atoms with E-state index in [1.807, 2.05) is 25.9 Å². The summed E-state index contributed by atoms with van der Waals surface area (Å²) in [7, 11) is 3.63. The number of carboxylic acid groups (broad SMARTS) is 2. The smallest absolute Gasteiger partial charge is 0.320 e. The summed E-state index contributed by atoms with van der Waals surface area (Å²) in [6.45, 7) is 1.82. The van der Waals surface area contributed by atoms with Gasteiger partial charge in [-0.1, -0.05) is 0 Å². The minimum absolute atomic E-state index is 0. The van der Waals surface area contributed by atoms with Crippen LogP contribution in [0.3, 0.4) is 0 Å². The van der Waals surface area contributed by atoms with E-state index >= 15 is 0 Å². The Labute approximate surface area is 101 Å². The van der Waals surface area contributed by atoms with Crippen molar-refractivity contribution in [3.05, 3.63) is 0 Å². The van der Waals surface area contributed by atoms with E-state index in [1.54, 1.807) is 0 Å². The molecule has 0 aromatic heterocycles.